The number of pyridine rings is 1. The van der Waals surface area contributed by atoms with Crippen molar-refractivity contribution < 1.29 is 4.79 Å². The Bertz CT molecular complexity index is 948. The minimum Gasteiger partial charge on any atom is -0.350 e. The van der Waals surface area contributed by atoms with E-state index in [4.69, 9.17) is 5.73 Å². The van der Waals surface area contributed by atoms with Crippen LogP contribution in [0.2, 0.25) is 0 Å². The molecule has 3 aromatic rings. The van der Waals surface area contributed by atoms with E-state index in [0.717, 1.165) is 5.56 Å². The molecule has 1 heterocycles. The summed E-state index contributed by atoms with van der Waals surface area (Å²) in [4.78, 5) is 39.6. The quantitative estimate of drug-likeness (QED) is 0.577. The molecule has 0 saturated heterocycles. The van der Waals surface area contributed by atoms with Crippen molar-refractivity contribution in [3.63, 3.8) is 0 Å². The van der Waals surface area contributed by atoms with Crippen LogP contribution < -0.4 is 27.2 Å². The molecule has 0 radical (unpaired) electrons. The maximum atomic E-state index is 12.2. The van der Waals surface area contributed by atoms with Gasteiger partial charge in [-0.25, -0.2) is 0 Å². The van der Waals surface area contributed by atoms with E-state index in [1.54, 1.807) is 24.5 Å². The van der Waals surface area contributed by atoms with Crippen molar-refractivity contribution in [1.82, 2.24) is 4.98 Å². The second-order valence-corrected chi connectivity index (χ2v) is 5.55. The summed E-state index contributed by atoms with van der Waals surface area (Å²) in [6.07, 6.45) is 3.42. The number of nitrogens with two attached hydrogens (primary N) is 1. The normalized spacial score (nSPS) is 11.9. The maximum absolute atomic E-state index is 12.2. The molecule has 2 aromatic carbocycles. The second-order valence-electron chi connectivity index (χ2n) is 5.55. The molecule has 1 aromatic heterocycles. The van der Waals surface area contributed by atoms with Gasteiger partial charge in [-0.2, -0.15) is 0 Å². The van der Waals surface area contributed by atoms with E-state index in [0.29, 0.717) is 12.1 Å². The Balaban J connectivity index is 1.70. The van der Waals surface area contributed by atoms with Crippen molar-refractivity contribution in [3.05, 3.63) is 80.9 Å². The first-order valence-corrected chi connectivity index (χ1v) is 7.67. The van der Waals surface area contributed by atoms with Crippen molar-refractivity contribution in [2.24, 2.45) is 5.73 Å². The standard InChI is InChI=1S/C18H16N4O3/c19-13(10-11-4-2-1-3-5-11)18(25)22-15-14(16(23)17(15)24)21-12-6-8-20-9-7-12/h1-9,13H,10,19H2,(H,20,21)(H,22,25)/t13-/m0/s1. The van der Waals surface area contributed by atoms with Crippen LogP contribution in [0.25, 0.3) is 0 Å². The zero-order chi connectivity index (χ0) is 17.8. The highest BCUT2D eigenvalue weighted by Crippen LogP contribution is 2.20. The van der Waals surface area contributed by atoms with E-state index in [1.807, 2.05) is 30.3 Å². The highest BCUT2D eigenvalue weighted by atomic mass is 16.2. The van der Waals surface area contributed by atoms with Crippen LogP contribution in [0.15, 0.2) is 64.4 Å². The summed E-state index contributed by atoms with van der Waals surface area (Å²) in [6.45, 7) is 0. The fraction of sp³-hybridized carbons (Fsp3) is 0.111. The molecule has 0 aliphatic rings. The molecule has 3 rings (SSSR count). The van der Waals surface area contributed by atoms with E-state index in [-0.39, 0.29) is 11.4 Å². The molecule has 4 N–H and O–H groups in total. The van der Waals surface area contributed by atoms with Crippen LogP contribution in [0.3, 0.4) is 0 Å². The number of nitrogens with zero attached hydrogens (tertiary/aromatic N) is 1. The van der Waals surface area contributed by atoms with Gasteiger partial charge in [-0.3, -0.25) is 19.4 Å². The number of hydrogen-bond acceptors (Lipinski definition) is 6. The van der Waals surface area contributed by atoms with E-state index in [1.165, 1.54) is 0 Å². The molecule has 7 heteroatoms. The van der Waals surface area contributed by atoms with Crippen LogP contribution >= 0.6 is 0 Å². The summed E-state index contributed by atoms with van der Waals surface area (Å²) >= 11 is 0. The van der Waals surface area contributed by atoms with Crippen LogP contribution in [0.1, 0.15) is 5.56 Å². The summed E-state index contributed by atoms with van der Waals surface area (Å²) in [7, 11) is 0. The summed E-state index contributed by atoms with van der Waals surface area (Å²) in [6, 6.07) is 11.8. The van der Waals surface area contributed by atoms with E-state index < -0.39 is 22.8 Å². The number of anilines is 3. The van der Waals surface area contributed by atoms with Gasteiger partial charge in [0, 0.05) is 18.1 Å². The van der Waals surface area contributed by atoms with Crippen LogP contribution in [0.5, 0.6) is 0 Å². The summed E-state index contributed by atoms with van der Waals surface area (Å²) in [5, 5.41) is 5.27. The van der Waals surface area contributed by atoms with Gasteiger partial charge < -0.3 is 16.4 Å². The smallest absolute Gasteiger partial charge is 0.253 e. The second kappa shape index (κ2) is 7.06. The summed E-state index contributed by atoms with van der Waals surface area (Å²) in [5.41, 5.74) is 5.97. The van der Waals surface area contributed by atoms with E-state index in [2.05, 4.69) is 15.6 Å². The van der Waals surface area contributed by atoms with E-state index >= 15 is 0 Å². The van der Waals surface area contributed by atoms with Crippen LogP contribution in [0, 0.1) is 0 Å². The predicted molar refractivity (Wildman–Crippen MR) is 95.6 cm³/mol. The number of carbonyl (C=O) groups excluding carboxylic acids is 1. The highest BCUT2D eigenvalue weighted by molar-refractivity contribution is 5.99. The van der Waals surface area contributed by atoms with Gasteiger partial charge in [0.1, 0.15) is 11.4 Å². The minimum absolute atomic E-state index is 0.0523. The topological polar surface area (TPSA) is 114 Å². The average molecular weight is 336 g/mol. The van der Waals surface area contributed by atoms with Gasteiger partial charge in [0.15, 0.2) is 0 Å². The minimum atomic E-state index is -0.833. The third-order valence-electron chi connectivity index (χ3n) is 3.74. The predicted octanol–water partition coefficient (Wildman–Crippen LogP) is 0.930. The van der Waals surface area contributed by atoms with Crippen molar-refractivity contribution in [1.29, 1.82) is 0 Å². The lowest BCUT2D eigenvalue weighted by molar-refractivity contribution is -0.117. The third-order valence-corrected chi connectivity index (χ3v) is 3.74. The Kier molecular flexibility index (Phi) is 4.67. The Hall–Kier alpha value is -3.32. The molecule has 0 aliphatic heterocycles. The first kappa shape index (κ1) is 16.5. The zero-order valence-corrected chi connectivity index (χ0v) is 13.2. The van der Waals surface area contributed by atoms with Gasteiger partial charge in [-0.05, 0) is 24.1 Å². The number of amides is 1. The first-order valence-electron chi connectivity index (χ1n) is 7.67. The van der Waals surface area contributed by atoms with Crippen molar-refractivity contribution >= 4 is 23.0 Å². The Morgan fingerprint density at radius 3 is 2.32 bits per heavy atom. The van der Waals surface area contributed by atoms with Crippen LogP contribution in [-0.4, -0.2) is 16.9 Å². The summed E-state index contributed by atoms with van der Waals surface area (Å²) in [5.74, 6) is -0.520. The van der Waals surface area contributed by atoms with Crippen LogP contribution in [0.4, 0.5) is 17.1 Å². The molecule has 1 atom stereocenters. The average Bonchev–Trinajstić information content (AvgIpc) is 2.65. The van der Waals surface area contributed by atoms with Gasteiger partial charge in [-0.15, -0.1) is 0 Å². The van der Waals surface area contributed by atoms with Crippen molar-refractivity contribution in [2.75, 3.05) is 10.6 Å². The van der Waals surface area contributed by atoms with E-state index in [9.17, 15) is 14.4 Å². The zero-order valence-electron chi connectivity index (χ0n) is 13.2. The molecule has 0 spiro atoms. The number of aromatic nitrogens is 1. The van der Waals surface area contributed by atoms with Gasteiger partial charge in [0.2, 0.25) is 5.91 Å². The number of nitrogens with one attached hydrogen (secondary N) is 2. The molecule has 0 unspecified atom stereocenters. The molecule has 25 heavy (non-hydrogen) atoms. The Morgan fingerprint density at radius 1 is 1.00 bits per heavy atom. The Labute approximate surface area is 143 Å². The first-order chi connectivity index (χ1) is 12.1. The molecule has 0 bridgehead atoms. The van der Waals surface area contributed by atoms with Gasteiger partial charge >= 0.3 is 0 Å². The number of benzene rings is 1. The molecule has 126 valence electrons. The summed E-state index contributed by atoms with van der Waals surface area (Å²) < 4.78 is 0. The number of rotatable bonds is 6. The molecular formula is C18H16N4O3. The fourth-order valence-electron chi connectivity index (χ4n) is 2.39. The SMILES string of the molecule is N[C@@H](Cc1ccccc1)C(=O)Nc1c(Nc2ccncc2)c(=O)c1=O. The molecule has 0 fully saturated rings. The van der Waals surface area contributed by atoms with Crippen molar-refractivity contribution in [3.8, 4) is 0 Å². The van der Waals surface area contributed by atoms with Gasteiger partial charge in [0.05, 0.1) is 6.04 Å². The lowest BCUT2D eigenvalue weighted by Gasteiger charge is -2.16. The monoisotopic (exact) mass is 336 g/mol. The van der Waals surface area contributed by atoms with Gasteiger partial charge in [0.25, 0.3) is 10.9 Å². The maximum Gasteiger partial charge on any atom is 0.253 e. The molecule has 0 aliphatic carbocycles. The third kappa shape index (κ3) is 3.61. The molecule has 7 nitrogen and oxygen atoms in total. The largest absolute Gasteiger partial charge is 0.350 e. The molecular weight excluding hydrogens is 320 g/mol. The molecule has 0 saturated carbocycles. The number of carbonyl (C=O) groups is 1. The lowest BCUT2D eigenvalue weighted by atomic mass is 10.1. The van der Waals surface area contributed by atoms with Gasteiger partial charge in [-0.1, -0.05) is 30.3 Å². The highest BCUT2D eigenvalue weighted by Gasteiger charge is 2.25. The fourth-order valence-corrected chi connectivity index (χ4v) is 2.39. The molecule has 1 amide bonds. The van der Waals surface area contributed by atoms with Crippen molar-refractivity contribution in [2.45, 2.75) is 12.5 Å². The van der Waals surface area contributed by atoms with Crippen LogP contribution in [-0.2, 0) is 11.2 Å². The number of hydrogen-bond donors (Lipinski definition) is 3. The lowest BCUT2D eigenvalue weighted by Crippen LogP contribution is -2.43. The Morgan fingerprint density at radius 2 is 1.64 bits per heavy atom.